The summed E-state index contributed by atoms with van der Waals surface area (Å²) in [6.45, 7) is 0. The minimum Gasteiger partial charge on any atom is -0.350 e. The molecule has 20 heavy (non-hydrogen) atoms. The van der Waals surface area contributed by atoms with Crippen LogP contribution in [0.1, 0.15) is 31.2 Å². The highest BCUT2D eigenvalue weighted by Crippen LogP contribution is 2.18. The van der Waals surface area contributed by atoms with Crippen LogP contribution in [0.2, 0.25) is 5.02 Å². The molecule has 0 aromatic heterocycles. The lowest BCUT2D eigenvalue weighted by Gasteiger charge is -2.28. The minimum absolute atomic E-state index is 0.0205. The maximum absolute atomic E-state index is 11.9. The summed E-state index contributed by atoms with van der Waals surface area (Å²) in [5, 5.41) is 7.06. The summed E-state index contributed by atoms with van der Waals surface area (Å²) in [5.74, 6) is -0.0205. The number of nitrogens with one attached hydrogen (secondary N) is 2. The van der Waals surface area contributed by atoms with Gasteiger partial charge in [0.1, 0.15) is 0 Å². The van der Waals surface area contributed by atoms with Gasteiger partial charge in [-0.25, -0.2) is 0 Å². The first-order valence-corrected chi connectivity index (χ1v) is 7.46. The highest BCUT2D eigenvalue weighted by Gasteiger charge is 2.20. The SMILES string of the molecule is CNC1CCC(NC(=O)C=Cc2ccc(Cl)cc2)CC1. The molecule has 108 valence electrons. The van der Waals surface area contributed by atoms with E-state index in [4.69, 9.17) is 11.6 Å². The number of benzene rings is 1. The van der Waals surface area contributed by atoms with Gasteiger partial charge in [-0.2, -0.15) is 0 Å². The first-order valence-electron chi connectivity index (χ1n) is 7.09. The maximum Gasteiger partial charge on any atom is 0.244 e. The lowest BCUT2D eigenvalue weighted by molar-refractivity contribution is -0.117. The van der Waals surface area contributed by atoms with Gasteiger partial charge in [-0.15, -0.1) is 0 Å². The van der Waals surface area contributed by atoms with Crippen LogP contribution in [-0.2, 0) is 4.79 Å². The summed E-state index contributed by atoms with van der Waals surface area (Å²) < 4.78 is 0. The molecule has 0 unspecified atom stereocenters. The number of amides is 1. The van der Waals surface area contributed by atoms with Crippen molar-refractivity contribution in [1.82, 2.24) is 10.6 Å². The molecule has 2 N–H and O–H groups in total. The van der Waals surface area contributed by atoms with Crippen LogP contribution in [0, 0.1) is 0 Å². The van der Waals surface area contributed by atoms with Crippen LogP contribution < -0.4 is 10.6 Å². The van der Waals surface area contributed by atoms with Gasteiger partial charge in [0, 0.05) is 23.2 Å². The first-order chi connectivity index (χ1) is 9.67. The zero-order valence-corrected chi connectivity index (χ0v) is 12.5. The van der Waals surface area contributed by atoms with Gasteiger partial charge in [0.15, 0.2) is 0 Å². The quantitative estimate of drug-likeness (QED) is 0.838. The topological polar surface area (TPSA) is 41.1 Å². The Morgan fingerprint density at radius 2 is 1.75 bits per heavy atom. The Bertz CT molecular complexity index is 462. The predicted molar refractivity (Wildman–Crippen MR) is 83.7 cm³/mol. The van der Waals surface area contributed by atoms with E-state index in [1.165, 1.54) is 0 Å². The second kappa shape index (κ2) is 7.46. The average molecular weight is 293 g/mol. The van der Waals surface area contributed by atoms with Crippen LogP contribution in [0.25, 0.3) is 6.08 Å². The Morgan fingerprint density at radius 3 is 2.35 bits per heavy atom. The van der Waals surface area contributed by atoms with E-state index >= 15 is 0 Å². The molecule has 3 nitrogen and oxygen atoms in total. The van der Waals surface area contributed by atoms with E-state index in [1.54, 1.807) is 6.08 Å². The number of hydrogen-bond donors (Lipinski definition) is 2. The third-order valence-electron chi connectivity index (χ3n) is 3.78. The van der Waals surface area contributed by atoms with Gasteiger partial charge in [-0.3, -0.25) is 4.79 Å². The molecule has 1 aliphatic rings. The normalized spacial score (nSPS) is 22.9. The molecule has 1 aromatic carbocycles. The van der Waals surface area contributed by atoms with Gasteiger partial charge in [-0.05, 0) is 56.5 Å². The van der Waals surface area contributed by atoms with Gasteiger partial charge in [0.05, 0.1) is 0 Å². The molecule has 0 aliphatic heterocycles. The lowest BCUT2D eigenvalue weighted by atomic mass is 9.91. The largest absolute Gasteiger partial charge is 0.350 e. The summed E-state index contributed by atoms with van der Waals surface area (Å²) in [5.41, 5.74) is 0.975. The van der Waals surface area contributed by atoms with Crippen LogP contribution >= 0.6 is 11.6 Å². The van der Waals surface area contributed by atoms with E-state index in [0.717, 1.165) is 31.2 Å². The standard InChI is InChI=1S/C16H21ClN2O/c1-18-14-7-9-15(10-8-14)19-16(20)11-4-12-2-5-13(17)6-3-12/h2-6,11,14-15,18H,7-10H2,1H3,(H,19,20). The Kier molecular flexibility index (Phi) is 5.62. The summed E-state index contributed by atoms with van der Waals surface area (Å²) in [6, 6.07) is 8.33. The van der Waals surface area contributed by atoms with Crippen molar-refractivity contribution in [2.24, 2.45) is 0 Å². The fourth-order valence-electron chi connectivity index (χ4n) is 2.52. The van der Waals surface area contributed by atoms with E-state index in [2.05, 4.69) is 10.6 Å². The second-order valence-corrected chi connectivity index (χ2v) is 5.67. The fourth-order valence-corrected chi connectivity index (χ4v) is 2.65. The lowest BCUT2D eigenvalue weighted by Crippen LogP contribution is -2.40. The molecule has 0 heterocycles. The van der Waals surface area contributed by atoms with Gasteiger partial charge >= 0.3 is 0 Å². The van der Waals surface area contributed by atoms with Crippen LogP contribution in [0.4, 0.5) is 0 Å². The minimum atomic E-state index is -0.0205. The van der Waals surface area contributed by atoms with Crippen molar-refractivity contribution in [3.63, 3.8) is 0 Å². The number of carbonyl (C=O) groups is 1. The van der Waals surface area contributed by atoms with Gasteiger partial charge in [0.25, 0.3) is 0 Å². The van der Waals surface area contributed by atoms with E-state index < -0.39 is 0 Å². The number of halogens is 1. The average Bonchev–Trinajstić information content (AvgIpc) is 2.47. The van der Waals surface area contributed by atoms with Crippen molar-refractivity contribution in [3.8, 4) is 0 Å². The third-order valence-corrected chi connectivity index (χ3v) is 4.03. The molecule has 1 aliphatic carbocycles. The summed E-state index contributed by atoms with van der Waals surface area (Å²) in [6.07, 6.45) is 7.75. The Hall–Kier alpha value is -1.32. The highest BCUT2D eigenvalue weighted by atomic mass is 35.5. The summed E-state index contributed by atoms with van der Waals surface area (Å²) in [4.78, 5) is 11.9. The van der Waals surface area contributed by atoms with Gasteiger partial charge in [0.2, 0.25) is 5.91 Å². The van der Waals surface area contributed by atoms with Crippen molar-refractivity contribution in [2.75, 3.05) is 7.05 Å². The van der Waals surface area contributed by atoms with Crippen molar-refractivity contribution < 1.29 is 4.79 Å². The van der Waals surface area contributed by atoms with Crippen molar-refractivity contribution in [2.45, 2.75) is 37.8 Å². The van der Waals surface area contributed by atoms with Crippen molar-refractivity contribution in [3.05, 3.63) is 40.9 Å². The smallest absolute Gasteiger partial charge is 0.244 e. The first kappa shape index (κ1) is 15.1. The number of rotatable bonds is 4. The molecule has 1 amide bonds. The van der Waals surface area contributed by atoms with E-state index in [1.807, 2.05) is 37.4 Å². The molecule has 0 atom stereocenters. The predicted octanol–water partition coefficient (Wildman–Crippen LogP) is 3.00. The molecule has 4 heteroatoms. The third kappa shape index (κ3) is 4.66. The molecule has 1 aromatic rings. The van der Waals surface area contributed by atoms with Crippen molar-refractivity contribution >= 4 is 23.6 Å². The van der Waals surface area contributed by atoms with Gasteiger partial charge < -0.3 is 10.6 Å². The summed E-state index contributed by atoms with van der Waals surface area (Å²) >= 11 is 5.82. The number of hydrogen-bond acceptors (Lipinski definition) is 2. The molecule has 1 saturated carbocycles. The van der Waals surface area contributed by atoms with Crippen LogP contribution in [0.15, 0.2) is 30.3 Å². The van der Waals surface area contributed by atoms with Crippen molar-refractivity contribution in [1.29, 1.82) is 0 Å². The maximum atomic E-state index is 11.9. The Morgan fingerprint density at radius 1 is 1.15 bits per heavy atom. The van der Waals surface area contributed by atoms with E-state index in [-0.39, 0.29) is 5.91 Å². The molecule has 2 rings (SSSR count). The zero-order valence-electron chi connectivity index (χ0n) is 11.7. The molecule has 0 radical (unpaired) electrons. The Labute approximate surface area is 125 Å². The zero-order chi connectivity index (χ0) is 14.4. The molecular weight excluding hydrogens is 272 g/mol. The van der Waals surface area contributed by atoms with E-state index in [9.17, 15) is 4.79 Å². The molecule has 1 fully saturated rings. The van der Waals surface area contributed by atoms with Crippen LogP contribution in [0.5, 0.6) is 0 Å². The number of carbonyl (C=O) groups excluding carboxylic acids is 1. The highest BCUT2D eigenvalue weighted by molar-refractivity contribution is 6.30. The fraction of sp³-hybridized carbons (Fsp3) is 0.438. The van der Waals surface area contributed by atoms with Gasteiger partial charge in [-0.1, -0.05) is 23.7 Å². The van der Waals surface area contributed by atoms with Crippen LogP contribution in [0.3, 0.4) is 0 Å². The summed E-state index contributed by atoms with van der Waals surface area (Å²) in [7, 11) is 2.00. The Balaban J connectivity index is 1.79. The molecule has 0 saturated heterocycles. The molecule has 0 spiro atoms. The molecular formula is C16H21ClN2O. The van der Waals surface area contributed by atoms with E-state index in [0.29, 0.717) is 17.1 Å². The monoisotopic (exact) mass is 292 g/mol. The second-order valence-electron chi connectivity index (χ2n) is 5.23. The van der Waals surface area contributed by atoms with Crippen LogP contribution in [-0.4, -0.2) is 25.0 Å². The molecule has 0 bridgehead atoms.